The highest BCUT2D eigenvalue weighted by atomic mass is 79.9. The largest absolute Gasteiger partial charge is 0.465 e. The van der Waals surface area contributed by atoms with Crippen LogP contribution in [0.1, 0.15) is 10.4 Å². The Morgan fingerprint density at radius 1 is 1.57 bits per heavy atom. The zero-order valence-electron chi connectivity index (χ0n) is 7.93. The fourth-order valence-electron chi connectivity index (χ4n) is 1.06. The maximum absolute atomic E-state index is 11.2. The molecule has 1 aromatic rings. The molecule has 0 spiro atoms. The van der Waals surface area contributed by atoms with Crippen LogP contribution in [-0.2, 0) is 4.74 Å². The summed E-state index contributed by atoms with van der Waals surface area (Å²) >= 11 is 3.26. The zero-order valence-corrected chi connectivity index (χ0v) is 9.51. The number of hydrogen-bond acceptors (Lipinski definition) is 4. The Labute approximate surface area is 90.6 Å². The van der Waals surface area contributed by atoms with Gasteiger partial charge in [0, 0.05) is 11.5 Å². The Morgan fingerprint density at radius 3 is 2.71 bits per heavy atom. The molecule has 0 fully saturated rings. The molecular weight excluding hydrogens is 248 g/mol. The van der Waals surface area contributed by atoms with Crippen molar-refractivity contribution in [1.29, 1.82) is 0 Å². The lowest BCUT2D eigenvalue weighted by Crippen LogP contribution is -2.04. The van der Waals surface area contributed by atoms with Crippen LogP contribution in [0.3, 0.4) is 0 Å². The lowest BCUT2D eigenvalue weighted by Gasteiger charge is -2.09. The average Bonchev–Trinajstić information content (AvgIpc) is 2.20. The second kappa shape index (κ2) is 4.32. The molecule has 0 saturated heterocycles. The van der Waals surface area contributed by atoms with Crippen molar-refractivity contribution in [3.8, 4) is 0 Å². The number of carbonyl (C=O) groups is 1. The summed E-state index contributed by atoms with van der Waals surface area (Å²) in [6.07, 6.45) is 0. The highest BCUT2D eigenvalue weighted by Crippen LogP contribution is 2.29. The first-order valence-electron chi connectivity index (χ1n) is 3.95. The van der Waals surface area contributed by atoms with Crippen LogP contribution in [0, 0.1) is 0 Å². The van der Waals surface area contributed by atoms with Crippen LogP contribution in [0.2, 0.25) is 0 Å². The van der Waals surface area contributed by atoms with Crippen molar-refractivity contribution in [3.05, 3.63) is 22.2 Å². The van der Waals surface area contributed by atoms with Gasteiger partial charge in [-0.3, -0.25) is 0 Å². The molecule has 0 aliphatic heterocycles. The summed E-state index contributed by atoms with van der Waals surface area (Å²) < 4.78 is 5.27. The van der Waals surface area contributed by atoms with Crippen LogP contribution in [0.25, 0.3) is 0 Å². The van der Waals surface area contributed by atoms with Crippen LogP contribution in [0.15, 0.2) is 16.6 Å². The molecule has 0 aliphatic rings. The molecule has 0 amide bonds. The fraction of sp³-hybridized carbons (Fsp3) is 0.222. The maximum Gasteiger partial charge on any atom is 0.337 e. The van der Waals surface area contributed by atoms with Crippen molar-refractivity contribution in [3.63, 3.8) is 0 Å². The standard InChI is InChI=1S/C9H11BrN2O2/c1-12-7-4-5(9(13)14-2)3-6(10)8(7)11/h3-4,12H,11H2,1-2H3. The molecule has 0 atom stereocenters. The lowest BCUT2D eigenvalue weighted by atomic mass is 10.2. The van der Waals surface area contributed by atoms with E-state index in [9.17, 15) is 4.79 Å². The number of nitrogens with two attached hydrogens (primary N) is 1. The van der Waals surface area contributed by atoms with Crippen molar-refractivity contribution in [2.45, 2.75) is 0 Å². The summed E-state index contributed by atoms with van der Waals surface area (Å²) in [6.45, 7) is 0. The molecule has 1 rings (SSSR count). The molecule has 76 valence electrons. The number of carbonyl (C=O) groups excluding carboxylic acids is 1. The van der Waals surface area contributed by atoms with Crippen LogP contribution in [0.4, 0.5) is 11.4 Å². The SMILES string of the molecule is CNc1cc(C(=O)OC)cc(Br)c1N. The molecule has 5 heteroatoms. The van der Waals surface area contributed by atoms with Gasteiger partial charge in [0.25, 0.3) is 0 Å². The van der Waals surface area contributed by atoms with Crippen molar-refractivity contribution in [2.75, 3.05) is 25.2 Å². The van der Waals surface area contributed by atoms with Gasteiger partial charge in [0.05, 0.1) is 24.0 Å². The van der Waals surface area contributed by atoms with Crippen molar-refractivity contribution < 1.29 is 9.53 Å². The monoisotopic (exact) mass is 258 g/mol. The second-order valence-electron chi connectivity index (χ2n) is 2.66. The first kappa shape index (κ1) is 10.8. The summed E-state index contributed by atoms with van der Waals surface area (Å²) in [5.41, 5.74) is 7.46. The maximum atomic E-state index is 11.2. The smallest absolute Gasteiger partial charge is 0.337 e. The number of ether oxygens (including phenoxy) is 1. The Bertz CT molecular complexity index is 366. The molecular formula is C9H11BrN2O2. The summed E-state index contributed by atoms with van der Waals surface area (Å²) in [6, 6.07) is 3.27. The summed E-state index contributed by atoms with van der Waals surface area (Å²) in [7, 11) is 3.07. The molecule has 1 aromatic carbocycles. The Hall–Kier alpha value is -1.23. The number of benzene rings is 1. The van der Waals surface area contributed by atoms with Gasteiger partial charge in [-0.05, 0) is 28.1 Å². The first-order valence-corrected chi connectivity index (χ1v) is 4.74. The van der Waals surface area contributed by atoms with E-state index in [1.165, 1.54) is 7.11 Å². The minimum atomic E-state index is -0.387. The number of hydrogen-bond donors (Lipinski definition) is 2. The molecule has 0 bridgehead atoms. The Morgan fingerprint density at radius 2 is 2.21 bits per heavy atom. The third-order valence-corrected chi connectivity index (χ3v) is 2.48. The fourth-order valence-corrected chi connectivity index (χ4v) is 1.52. The van der Waals surface area contributed by atoms with E-state index in [-0.39, 0.29) is 5.97 Å². The first-order chi connectivity index (χ1) is 6.60. The van der Waals surface area contributed by atoms with E-state index in [1.54, 1.807) is 19.2 Å². The van der Waals surface area contributed by atoms with Gasteiger partial charge in [-0.1, -0.05) is 0 Å². The third-order valence-electron chi connectivity index (χ3n) is 1.82. The Balaban J connectivity index is 3.22. The molecule has 0 aliphatic carbocycles. The van der Waals surface area contributed by atoms with E-state index >= 15 is 0 Å². The average molecular weight is 259 g/mol. The van der Waals surface area contributed by atoms with Crippen molar-refractivity contribution in [2.24, 2.45) is 0 Å². The normalized spacial score (nSPS) is 9.64. The summed E-state index contributed by atoms with van der Waals surface area (Å²) in [5, 5.41) is 2.89. The lowest BCUT2D eigenvalue weighted by molar-refractivity contribution is 0.0601. The van der Waals surface area contributed by atoms with E-state index in [0.29, 0.717) is 21.4 Å². The quantitative estimate of drug-likeness (QED) is 0.628. The van der Waals surface area contributed by atoms with Gasteiger partial charge in [0.1, 0.15) is 0 Å². The molecule has 0 aromatic heterocycles. The van der Waals surface area contributed by atoms with Crippen LogP contribution in [0.5, 0.6) is 0 Å². The van der Waals surface area contributed by atoms with Gasteiger partial charge in [0.2, 0.25) is 0 Å². The Kier molecular flexibility index (Phi) is 3.35. The molecule has 0 heterocycles. The number of anilines is 2. The highest BCUT2D eigenvalue weighted by molar-refractivity contribution is 9.10. The van der Waals surface area contributed by atoms with E-state index in [0.717, 1.165) is 0 Å². The molecule has 0 radical (unpaired) electrons. The number of methoxy groups -OCH3 is 1. The predicted molar refractivity (Wildman–Crippen MR) is 59.4 cm³/mol. The second-order valence-corrected chi connectivity index (χ2v) is 3.52. The van der Waals surface area contributed by atoms with E-state index in [2.05, 4.69) is 26.0 Å². The van der Waals surface area contributed by atoms with Crippen LogP contribution in [-0.4, -0.2) is 20.1 Å². The highest BCUT2D eigenvalue weighted by Gasteiger charge is 2.10. The van der Waals surface area contributed by atoms with E-state index < -0.39 is 0 Å². The van der Waals surface area contributed by atoms with Gasteiger partial charge >= 0.3 is 5.97 Å². The molecule has 0 saturated carbocycles. The number of halogens is 1. The van der Waals surface area contributed by atoms with Gasteiger partial charge in [0.15, 0.2) is 0 Å². The van der Waals surface area contributed by atoms with Crippen molar-refractivity contribution in [1.82, 2.24) is 0 Å². The number of rotatable bonds is 2. The van der Waals surface area contributed by atoms with E-state index in [1.807, 2.05) is 0 Å². The van der Waals surface area contributed by atoms with Crippen LogP contribution >= 0.6 is 15.9 Å². The van der Waals surface area contributed by atoms with Gasteiger partial charge in [-0.2, -0.15) is 0 Å². The zero-order chi connectivity index (χ0) is 10.7. The number of esters is 1. The molecule has 0 unspecified atom stereocenters. The summed E-state index contributed by atoms with van der Waals surface area (Å²) in [5.74, 6) is -0.387. The van der Waals surface area contributed by atoms with E-state index in [4.69, 9.17) is 5.73 Å². The number of nitrogen functional groups attached to an aromatic ring is 1. The molecule has 4 nitrogen and oxygen atoms in total. The van der Waals surface area contributed by atoms with Gasteiger partial charge in [-0.25, -0.2) is 4.79 Å². The predicted octanol–water partition coefficient (Wildman–Crippen LogP) is 1.86. The number of nitrogens with one attached hydrogen (secondary N) is 1. The molecule has 14 heavy (non-hydrogen) atoms. The van der Waals surface area contributed by atoms with Crippen molar-refractivity contribution >= 4 is 33.3 Å². The minimum absolute atomic E-state index is 0.387. The minimum Gasteiger partial charge on any atom is -0.465 e. The topological polar surface area (TPSA) is 64.3 Å². The van der Waals surface area contributed by atoms with Crippen LogP contribution < -0.4 is 11.1 Å². The summed E-state index contributed by atoms with van der Waals surface area (Å²) in [4.78, 5) is 11.2. The third kappa shape index (κ3) is 1.98. The van der Waals surface area contributed by atoms with Gasteiger partial charge in [-0.15, -0.1) is 0 Å². The molecule has 3 N–H and O–H groups in total. The van der Waals surface area contributed by atoms with Gasteiger partial charge < -0.3 is 15.8 Å².